The number of benzene rings is 2. The Morgan fingerprint density at radius 3 is 2.74 bits per heavy atom. The lowest BCUT2D eigenvalue weighted by Crippen LogP contribution is -2.10. The van der Waals surface area contributed by atoms with Crippen LogP contribution in [0.5, 0.6) is 0 Å². The molecule has 0 aliphatic rings. The van der Waals surface area contributed by atoms with Crippen LogP contribution in [0, 0.1) is 6.92 Å². The van der Waals surface area contributed by atoms with E-state index in [0.717, 1.165) is 22.2 Å². The van der Waals surface area contributed by atoms with Crippen LogP contribution in [0.1, 0.15) is 11.1 Å². The molecule has 31 heavy (non-hydrogen) atoms. The lowest BCUT2D eigenvalue weighted by molar-refractivity contribution is 0.559. The number of aromatic amines is 1. The number of H-pyrrole nitrogens is 1. The van der Waals surface area contributed by atoms with Gasteiger partial charge >= 0.3 is 5.63 Å². The molecule has 0 aliphatic carbocycles. The van der Waals surface area contributed by atoms with Crippen molar-refractivity contribution in [2.45, 2.75) is 17.8 Å². The quantitative estimate of drug-likeness (QED) is 0.246. The van der Waals surface area contributed by atoms with E-state index in [1.54, 1.807) is 16.8 Å². The highest BCUT2D eigenvalue weighted by Crippen LogP contribution is 2.29. The number of hydrogen-bond acceptors (Lipinski definition) is 6. The van der Waals surface area contributed by atoms with Gasteiger partial charge in [-0.1, -0.05) is 41.6 Å². The molecule has 0 spiro atoms. The van der Waals surface area contributed by atoms with Gasteiger partial charge < -0.3 is 9.40 Å². The van der Waals surface area contributed by atoms with Gasteiger partial charge in [0.05, 0.1) is 11.9 Å². The van der Waals surface area contributed by atoms with Gasteiger partial charge in [0.25, 0.3) is 5.56 Å². The molecular formula is C22H15ClN4O3S. The van der Waals surface area contributed by atoms with E-state index in [0.29, 0.717) is 32.5 Å². The van der Waals surface area contributed by atoms with Crippen LogP contribution < -0.4 is 11.2 Å². The van der Waals surface area contributed by atoms with Crippen LogP contribution in [0.3, 0.4) is 0 Å². The highest BCUT2D eigenvalue weighted by Gasteiger charge is 2.13. The Kier molecular flexibility index (Phi) is 4.88. The van der Waals surface area contributed by atoms with Crippen molar-refractivity contribution in [2.75, 3.05) is 0 Å². The molecule has 0 unspecified atom stereocenters. The maximum Gasteiger partial charge on any atom is 0.336 e. The third-order valence-electron chi connectivity index (χ3n) is 4.89. The number of nitrogens with zero attached hydrogens (tertiary/aromatic N) is 3. The first-order chi connectivity index (χ1) is 15.0. The van der Waals surface area contributed by atoms with Crippen LogP contribution in [0.25, 0.3) is 27.7 Å². The van der Waals surface area contributed by atoms with Crippen molar-refractivity contribution in [3.63, 3.8) is 0 Å². The van der Waals surface area contributed by atoms with E-state index in [2.05, 4.69) is 15.1 Å². The van der Waals surface area contributed by atoms with Gasteiger partial charge in [-0.3, -0.25) is 4.79 Å². The van der Waals surface area contributed by atoms with Crippen molar-refractivity contribution in [3.8, 4) is 5.69 Å². The number of rotatable bonds is 4. The summed E-state index contributed by atoms with van der Waals surface area (Å²) in [4.78, 5) is 32.0. The van der Waals surface area contributed by atoms with E-state index < -0.39 is 5.63 Å². The lowest BCUT2D eigenvalue weighted by atomic mass is 10.1. The minimum absolute atomic E-state index is 0.272. The van der Waals surface area contributed by atoms with Crippen LogP contribution in [0.15, 0.2) is 73.9 Å². The molecule has 3 aromatic heterocycles. The first-order valence-corrected chi connectivity index (χ1v) is 10.7. The molecule has 0 saturated carbocycles. The Labute approximate surface area is 184 Å². The summed E-state index contributed by atoms with van der Waals surface area (Å²) in [6.45, 7) is 1.85. The average Bonchev–Trinajstić information content (AvgIpc) is 3.18. The predicted octanol–water partition coefficient (Wildman–Crippen LogP) is 4.47. The molecule has 9 heteroatoms. The summed E-state index contributed by atoms with van der Waals surface area (Å²) in [7, 11) is 0. The minimum atomic E-state index is -0.441. The Hall–Kier alpha value is -3.36. The van der Waals surface area contributed by atoms with Crippen LogP contribution in [0.4, 0.5) is 0 Å². The fraction of sp³-hybridized carbons (Fsp3) is 0.0909. The van der Waals surface area contributed by atoms with Crippen LogP contribution in [-0.2, 0) is 5.75 Å². The van der Waals surface area contributed by atoms with Crippen LogP contribution in [-0.4, -0.2) is 19.7 Å². The second-order valence-corrected chi connectivity index (χ2v) is 8.35. The van der Waals surface area contributed by atoms with Crippen molar-refractivity contribution < 1.29 is 4.42 Å². The molecule has 7 nitrogen and oxygen atoms in total. The third kappa shape index (κ3) is 3.64. The molecular weight excluding hydrogens is 436 g/mol. The summed E-state index contributed by atoms with van der Waals surface area (Å²) < 4.78 is 6.94. The van der Waals surface area contributed by atoms with E-state index in [1.807, 2.05) is 37.3 Å². The first kappa shape index (κ1) is 19.6. The molecule has 0 amide bonds. The van der Waals surface area contributed by atoms with E-state index >= 15 is 0 Å². The minimum Gasteiger partial charge on any atom is -0.423 e. The molecule has 0 saturated heterocycles. The smallest absolute Gasteiger partial charge is 0.336 e. The summed E-state index contributed by atoms with van der Waals surface area (Å²) in [6.07, 6.45) is 1.50. The largest absolute Gasteiger partial charge is 0.423 e. The summed E-state index contributed by atoms with van der Waals surface area (Å²) in [5.41, 5.74) is 2.61. The number of thioether (sulfide) groups is 1. The number of hydrogen-bond donors (Lipinski definition) is 1. The third-order valence-corrected chi connectivity index (χ3v) is 6.22. The number of nitrogens with one attached hydrogen (secondary N) is 1. The highest BCUT2D eigenvalue weighted by molar-refractivity contribution is 7.98. The van der Waals surface area contributed by atoms with Crippen LogP contribution in [0.2, 0.25) is 5.02 Å². The monoisotopic (exact) mass is 450 g/mol. The normalized spacial score (nSPS) is 11.4. The van der Waals surface area contributed by atoms with E-state index in [-0.39, 0.29) is 5.56 Å². The number of aromatic nitrogens is 4. The van der Waals surface area contributed by atoms with Gasteiger partial charge in [0, 0.05) is 22.2 Å². The molecule has 1 N–H and O–H groups in total. The van der Waals surface area contributed by atoms with Gasteiger partial charge in [0.1, 0.15) is 11.0 Å². The van der Waals surface area contributed by atoms with Crippen molar-refractivity contribution in [1.29, 1.82) is 0 Å². The van der Waals surface area contributed by atoms with Crippen LogP contribution >= 0.6 is 23.4 Å². The topological polar surface area (TPSA) is 93.8 Å². The molecule has 154 valence electrons. The predicted molar refractivity (Wildman–Crippen MR) is 121 cm³/mol. The van der Waals surface area contributed by atoms with Crippen molar-refractivity contribution in [2.24, 2.45) is 0 Å². The Morgan fingerprint density at radius 1 is 1.13 bits per heavy atom. The summed E-state index contributed by atoms with van der Waals surface area (Å²) in [6, 6.07) is 14.4. The van der Waals surface area contributed by atoms with Gasteiger partial charge in [-0.2, -0.15) is 5.10 Å². The Balaban J connectivity index is 1.54. The molecule has 5 rings (SSSR count). The fourth-order valence-corrected chi connectivity index (χ4v) is 4.35. The van der Waals surface area contributed by atoms with Gasteiger partial charge in [0.15, 0.2) is 10.8 Å². The second-order valence-electron chi connectivity index (χ2n) is 6.98. The summed E-state index contributed by atoms with van der Waals surface area (Å²) >= 11 is 7.58. The highest BCUT2D eigenvalue weighted by atomic mass is 35.5. The number of aryl methyl sites for hydroxylation is 1. The molecule has 5 aromatic rings. The lowest BCUT2D eigenvalue weighted by Gasteiger charge is -2.08. The number of halogens is 1. The van der Waals surface area contributed by atoms with Crippen molar-refractivity contribution >= 4 is 45.4 Å². The van der Waals surface area contributed by atoms with Crippen molar-refractivity contribution in [1.82, 2.24) is 19.7 Å². The van der Waals surface area contributed by atoms with Gasteiger partial charge in [-0.25, -0.2) is 14.5 Å². The fourth-order valence-electron chi connectivity index (χ4n) is 3.34. The molecule has 3 heterocycles. The summed E-state index contributed by atoms with van der Waals surface area (Å²) in [5.74, 6) is 0.398. The molecule has 2 aromatic carbocycles. The van der Waals surface area contributed by atoms with Crippen molar-refractivity contribution in [3.05, 3.63) is 91.7 Å². The van der Waals surface area contributed by atoms with Gasteiger partial charge in [-0.15, -0.1) is 0 Å². The average molecular weight is 451 g/mol. The zero-order chi connectivity index (χ0) is 21.5. The zero-order valence-electron chi connectivity index (χ0n) is 16.3. The standard InChI is InChI=1S/C22H15ClN4O3S/c1-12-7-18-15(9-17(12)23)13(8-19(28)30-18)11-31-22-25-20-16(21(29)26-22)10-24-27(20)14-5-3-2-4-6-14/h2-10H,11H2,1H3,(H,25,26,29). The number of fused-ring (bicyclic) bond motifs is 2. The van der Waals surface area contributed by atoms with Gasteiger partial charge in [0.2, 0.25) is 0 Å². The molecule has 0 bridgehead atoms. The Bertz CT molecular complexity index is 1560. The molecule has 0 radical (unpaired) electrons. The number of para-hydroxylation sites is 1. The molecule has 0 atom stereocenters. The maximum absolute atomic E-state index is 12.6. The SMILES string of the molecule is Cc1cc2oc(=O)cc(CSc3nc4c(cnn4-c4ccccc4)c(=O)[nH]3)c2cc1Cl. The van der Waals surface area contributed by atoms with E-state index in [1.165, 1.54) is 24.0 Å². The first-order valence-electron chi connectivity index (χ1n) is 9.39. The maximum atomic E-state index is 12.6. The van der Waals surface area contributed by atoms with E-state index in [9.17, 15) is 9.59 Å². The Morgan fingerprint density at radius 2 is 1.94 bits per heavy atom. The summed E-state index contributed by atoms with van der Waals surface area (Å²) in [5, 5.41) is 6.48. The zero-order valence-corrected chi connectivity index (χ0v) is 17.8. The molecule has 0 fully saturated rings. The van der Waals surface area contributed by atoms with E-state index in [4.69, 9.17) is 16.0 Å². The second kappa shape index (κ2) is 7.72. The molecule has 0 aliphatic heterocycles. The van der Waals surface area contributed by atoms with Gasteiger partial charge in [-0.05, 0) is 42.3 Å².